The molecule has 1 unspecified atom stereocenters. The molecule has 3 heteroatoms. The lowest BCUT2D eigenvalue weighted by Gasteiger charge is -2.12. The van der Waals surface area contributed by atoms with E-state index in [1.165, 1.54) is 0 Å². The molecule has 0 rings (SSSR count). The molecule has 1 atom stereocenters. The normalized spacial score (nSPS) is 16.5. The molecule has 0 aromatic heterocycles. The summed E-state index contributed by atoms with van der Waals surface area (Å²) >= 11 is 0. The third kappa shape index (κ3) is 7.53. The van der Waals surface area contributed by atoms with Gasteiger partial charge in [0.15, 0.2) is 0 Å². The number of likely N-dealkylation sites (N-methyl/N-ethyl adjacent to an activating group) is 1. The standard InChI is InChI=1S/C10H19NO2/c1-4-5-6-7-9(2)13-10(12)8-11-3/h4,9,11H,1,5-8H2,2-3H3/i3D3. The summed E-state index contributed by atoms with van der Waals surface area (Å²) in [7, 11) is 0. The number of hydrogen-bond donors (Lipinski definition) is 1. The molecule has 0 amide bonds. The van der Waals surface area contributed by atoms with Gasteiger partial charge in [-0.05, 0) is 33.2 Å². The van der Waals surface area contributed by atoms with Gasteiger partial charge in [0.25, 0.3) is 0 Å². The number of allylic oxidation sites excluding steroid dienone is 1. The van der Waals surface area contributed by atoms with Crippen LogP contribution in [0.3, 0.4) is 0 Å². The average Bonchev–Trinajstić information content (AvgIpc) is 2.14. The van der Waals surface area contributed by atoms with E-state index in [1.807, 2.05) is 6.08 Å². The number of esters is 1. The van der Waals surface area contributed by atoms with Crippen LogP contribution in [0.25, 0.3) is 0 Å². The molecule has 0 aliphatic rings. The van der Waals surface area contributed by atoms with Crippen LogP contribution >= 0.6 is 0 Å². The van der Waals surface area contributed by atoms with Crippen LogP contribution < -0.4 is 5.32 Å². The summed E-state index contributed by atoms with van der Waals surface area (Å²) in [6, 6.07) is 0. The smallest absolute Gasteiger partial charge is 0.320 e. The van der Waals surface area contributed by atoms with Gasteiger partial charge in [0.05, 0.1) is 12.6 Å². The Balaban J connectivity index is 3.66. The third-order valence-electron chi connectivity index (χ3n) is 1.58. The van der Waals surface area contributed by atoms with Crippen molar-refractivity contribution in [3.63, 3.8) is 0 Å². The van der Waals surface area contributed by atoms with Crippen LogP contribution in [-0.2, 0) is 9.53 Å². The number of unbranched alkanes of at least 4 members (excludes halogenated alkanes) is 1. The van der Waals surface area contributed by atoms with Crippen LogP contribution in [0.4, 0.5) is 0 Å². The monoisotopic (exact) mass is 188 g/mol. The molecule has 0 fully saturated rings. The van der Waals surface area contributed by atoms with Gasteiger partial charge in [0, 0.05) is 4.11 Å². The predicted molar refractivity (Wildman–Crippen MR) is 53.5 cm³/mol. The van der Waals surface area contributed by atoms with Gasteiger partial charge in [0.2, 0.25) is 0 Å². The second-order valence-corrected chi connectivity index (χ2v) is 2.87. The molecule has 0 aromatic carbocycles. The number of nitrogens with one attached hydrogen (secondary N) is 1. The van der Waals surface area contributed by atoms with Crippen molar-refractivity contribution in [2.45, 2.75) is 32.3 Å². The SMILES string of the molecule is [2H]C([2H])([2H])NCC(=O)OC(C)CCCC=C. The Kier molecular flexibility index (Phi) is 4.54. The highest BCUT2D eigenvalue weighted by molar-refractivity contribution is 5.71. The summed E-state index contributed by atoms with van der Waals surface area (Å²) in [4.78, 5) is 11.2. The lowest BCUT2D eigenvalue weighted by atomic mass is 10.2. The van der Waals surface area contributed by atoms with Gasteiger partial charge < -0.3 is 10.1 Å². The summed E-state index contributed by atoms with van der Waals surface area (Å²) in [6.07, 6.45) is 4.17. The highest BCUT2D eigenvalue weighted by atomic mass is 16.5. The fourth-order valence-corrected chi connectivity index (χ4v) is 0.947. The van der Waals surface area contributed by atoms with Crippen molar-refractivity contribution >= 4 is 5.97 Å². The van der Waals surface area contributed by atoms with Crippen molar-refractivity contribution in [1.82, 2.24) is 5.32 Å². The van der Waals surface area contributed by atoms with Crippen molar-refractivity contribution in [2.75, 3.05) is 13.5 Å². The molecule has 0 spiro atoms. The second-order valence-electron chi connectivity index (χ2n) is 2.87. The molecule has 0 aromatic rings. The Bertz CT molecular complexity index is 229. The topological polar surface area (TPSA) is 38.3 Å². The Hall–Kier alpha value is -0.830. The van der Waals surface area contributed by atoms with E-state index >= 15 is 0 Å². The fraction of sp³-hybridized carbons (Fsp3) is 0.700. The lowest BCUT2D eigenvalue weighted by molar-refractivity contribution is -0.147. The molecule has 0 bridgehead atoms. The van der Waals surface area contributed by atoms with Crippen LogP contribution in [0.2, 0.25) is 0 Å². The quantitative estimate of drug-likeness (QED) is 0.374. The zero-order valence-electron chi connectivity index (χ0n) is 11.0. The van der Waals surface area contributed by atoms with Crippen LogP contribution in [0.15, 0.2) is 12.7 Å². The molecule has 0 radical (unpaired) electrons. The van der Waals surface area contributed by atoms with Gasteiger partial charge in [0.1, 0.15) is 0 Å². The first kappa shape index (κ1) is 7.56. The van der Waals surface area contributed by atoms with Gasteiger partial charge in [-0.25, -0.2) is 0 Å². The maximum Gasteiger partial charge on any atom is 0.320 e. The van der Waals surface area contributed by atoms with Crippen LogP contribution in [0.5, 0.6) is 0 Å². The average molecular weight is 188 g/mol. The maximum absolute atomic E-state index is 11.2. The number of rotatable bonds is 7. The van der Waals surface area contributed by atoms with E-state index in [0.717, 1.165) is 19.3 Å². The van der Waals surface area contributed by atoms with Gasteiger partial charge in [-0.2, -0.15) is 0 Å². The molecule has 13 heavy (non-hydrogen) atoms. The Morgan fingerprint density at radius 1 is 1.85 bits per heavy atom. The van der Waals surface area contributed by atoms with Crippen molar-refractivity contribution in [3.05, 3.63) is 12.7 Å². The highest BCUT2D eigenvalue weighted by Crippen LogP contribution is 2.04. The number of carbonyl (C=O) groups excluding carboxylic acids is 1. The van der Waals surface area contributed by atoms with Crippen LogP contribution in [0.1, 0.15) is 30.3 Å². The van der Waals surface area contributed by atoms with Gasteiger partial charge >= 0.3 is 5.97 Å². The molecular weight excluding hydrogens is 166 g/mol. The minimum atomic E-state index is -2.30. The van der Waals surface area contributed by atoms with Crippen LogP contribution in [0, 0.1) is 0 Å². The molecule has 0 aliphatic heterocycles. The number of carbonyl (C=O) groups is 1. The van der Waals surface area contributed by atoms with E-state index in [4.69, 9.17) is 8.85 Å². The van der Waals surface area contributed by atoms with Crippen molar-refractivity contribution < 1.29 is 13.6 Å². The summed E-state index contributed by atoms with van der Waals surface area (Å²) in [5.74, 6) is -0.540. The first-order valence-corrected chi connectivity index (χ1v) is 4.40. The number of hydrogen-bond acceptors (Lipinski definition) is 3. The minimum Gasteiger partial charge on any atom is -0.462 e. The highest BCUT2D eigenvalue weighted by Gasteiger charge is 2.07. The lowest BCUT2D eigenvalue weighted by Crippen LogP contribution is -2.24. The maximum atomic E-state index is 11.2. The minimum absolute atomic E-state index is 0.189. The van der Waals surface area contributed by atoms with Gasteiger partial charge in [-0.3, -0.25) is 4.79 Å². The molecular formula is C10H19NO2. The summed E-state index contributed by atoms with van der Waals surface area (Å²) in [6.45, 7) is 2.79. The summed E-state index contributed by atoms with van der Waals surface area (Å²) in [5, 5.41) is 2.10. The Labute approximate surface area is 84.4 Å². The summed E-state index contributed by atoms with van der Waals surface area (Å²) < 4.78 is 25.5. The van der Waals surface area contributed by atoms with E-state index in [0.29, 0.717) is 0 Å². The first-order valence-electron chi connectivity index (χ1n) is 5.90. The zero-order valence-corrected chi connectivity index (χ0v) is 8.01. The molecule has 0 saturated carbocycles. The van der Waals surface area contributed by atoms with Crippen molar-refractivity contribution in [3.8, 4) is 0 Å². The Morgan fingerprint density at radius 2 is 2.62 bits per heavy atom. The molecule has 0 saturated heterocycles. The third-order valence-corrected chi connectivity index (χ3v) is 1.58. The molecule has 3 nitrogen and oxygen atoms in total. The van der Waals surface area contributed by atoms with Crippen molar-refractivity contribution in [2.24, 2.45) is 0 Å². The Morgan fingerprint density at radius 3 is 3.23 bits per heavy atom. The predicted octanol–water partition coefficient (Wildman–Crippen LogP) is 1.49. The summed E-state index contributed by atoms with van der Waals surface area (Å²) in [5.41, 5.74) is 0. The van der Waals surface area contributed by atoms with E-state index in [-0.39, 0.29) is 12.6 Å². The molecule has 0 aliphatic carbocycles. The molecule has 76 valence electrons. The van der Waals surface area contributed by atoms with E-state index in [1.54, 1.807) is 6.92 Å². The zero-order chi connectivity index (χ0) is 12.6. The van der Waals surface area contributed by atoms with Crippen molar-refractivity contribution in [1.29, 1.82) is 0 Å². The van der Waals surface area contributed by atoms with E-state index in [2.05, 4.69) is 11.9 Å². The van der Waals surface area contributed by atoms with Gasteiger partial charge in [-0.1, -0.05) is 6.08 Å². The first-order chi connectivity index (χ1) is 7.35. The van der Waals surface area contributed by atoms with E-state index < -0.39 is 12.9 Å². The van der Waals surface area contributed by atoms with Crippen LogP contribution in [-0.4, -0.2) is 25.6 Å². The second kappa shape index (κ2) is 7.80. The molecule has 1 N–H and O–H groups in total. The molecule has 0 heterocycles. The largest absolute Gasteiger partial charge is 0.462 e. The number of ether oxygens (including phenoxy) is 1. The van der Waals surface area contributed by atoms with E-state index in [9.17, 15) is 4.79 Å². The van der Waals surface area contributed by atoms with Gasteiger partial charge in [-0.15, -0.1) is 6.58 Å². The fourth-order valence-electron chi connectivity index (χ4n) is 0.947.